The molecule has 0 saturated heterocycles. The van der Waals surface area contributed by atoms with E-state index in [0.717, 1.165) is 29.1 Å². The summed E-state index contributed by atoms with van der Waals surface area (Å²) in [5.74, 6) is 0.781. The predicted octanol–water partition coefficient (Wildman–Crippen LogP) is 3.35. The van der Waals surface area contributed by atoms with Crippen LogP contribution in [0.4, 0.5) is 0 Å². The SMILES string of the molecule is C=Cc1cnc(-c2ccccc2)nc1CC. The van der Waals surface area contributed by atoms with Crippen LogP contribution in [0.15, 0.2) is 43.1 Å². The van der Waals surface area contributed by atoms with Gasteiger partial charge >= 0.3 is 0 Å². The van der Waals surface area contributed by atoms with Crippen molar-refractivity contribution >= 4 is 6.08 Å². The van der Waals surface area contributed by atoms with Gasteiger partial charge in [0.05, 0.1) is 5.69 Å². The summed E-state index contributed by atoms with van der Waals surface area (Å²) in [6.45, 7) is 5.85. The summed E-state index contributed by atoms with van der Waals surface area (Å²) in [6.07, 6.45) is 4.53. The second-order valence-electron chi connectivity index (χ2n) is 3.52. The molecule has 16 heavy (non-hydrogen) atoms. The first kappa shape index (κ1) is 10.6. The molecule has 0 radical (unpaired) electrons. The molecule has 0 amide bonds. The summed E-state index contributed by atoms with van der Waals surface area (Å²) < 4.78 is 0. The Morgan fingerprint density at radius 3 is 2.62 bits per heavy atom. The molecular weight excluding hydrogens is 196 g/mol. The number of aromatic nitrogens is 2. The molecule has 0 aliphatic rings. The van der Waals surface area contributed by atoms with Crippen LogP contribution in [-0.4, -0.2) is 9.97 Å². The summed E-state index contributed by atoms with van der Waals surface area (Å²) in [6, 6.07) is 10.0. The summed E-state index contributed by atoms with van der Waals surface area (Å²) in [5, 5.41) is 0. The summed E-state index contributed by atoms with van der Waals surface area (Å²) in [5.41, 5.74) is 3.11. The smallest absolute Gasteiger partial charge is 0.159 e. The van der Waals surface area contributed by atoms with Gasteiger partial charge in [0, 0.05) is 17.3 Å². The summed E-state index contributed by atoms with van der Waals surface area (Å²) >= 11 is 0. The molecule has 0 fully saturated rings. The topological polar surface area (TPSA) is 25.8 Å². The van der Waals surface area contributed by atoms with E-state index in [4.69, 9.17) is 0 Å². The van der Waals surface area contributed by atoms with E-state index in [2.05, 4.69) is 23.5 Å². The lowest BCUT2D eigenvalue weighted by Gasteiger charge is -2.05. The van der Waals surface area contributed by atoms with Crippen molar-refractivity contribution in [2.75, 3.05) is 0 Å². The van der Waals surface area contributed by atoms with Crippen LogP contribution in [-0.2, 0) is 6.42 Å². The standard InChI is InChI=1S/C14H14N2/c1-3-11-10-15-14(16-13(11)4-2)12-8-6-5-7-9-12/h3,5-10H,1,4H2,2H3. The van der Waals surface area contributed by atoms with Gasteiger partial charge in [0.1, 0.15) is 0 Å². The van der Waals surface area contributed by atoms with E-state index in [0.29, 0.717) is 0 Å². The minimum absolute atomic E-state index is 0.781. The molecule has 80 valence electrons. The van der Waals surface area contributed by atoms with Crippen LogP contribution in [0.2, 0.25) is 0 Å². The highest BCUT2D eigenvalue weighted by atomic mass is 14.9. The van der Waals surface area contributed by atoms with Gasteiger partial charge < -0.3 is 0 Å². The van der Waals surface area contributed by atoms with Crippen LogP contribution in [0.3, 0.4) is 0 Å². The van der Waals surface area contributed by atoms with Crippen molar-refractivity contribution in [3.05, 3.63) is 54.4 Å². The zero-order valence-corrected chi connectivity index (χ0v) is 9.35. The van der Waals surface area contributed by atoms with Gasteiger partial charge in [-0.15, -0.1) is 0 Å². The van der Waals surface area contributed by atoms with E-state index in [1.165, 1.54) is 0 Å². The molecule has 2 heteroatoms. The van der Waals surface area contributed by atoms with Gasteiger partial charge in [-0.1, -0.05) is 49.9 Å². The molecule has 2 nitrogen and oxygen atoms in total. The molecule has 0 bridgehead atoms. The normalized spacial score (nSPS) is 10.1. The number of hydrogen-bond donors (Lipinski definition) is 0. The van der Waals surface area contributed by atoms with Gasteiger partial charge in [-0.3, -0.25) is 0 Å². The van der Waals surface area contributed by atoms with E-state index in [-0.39, 0.29) is 0 Å². The molecule has 1 aromatic carbocycles. The molecule has 1 aromatic heterocycles. The Kier molecular flexibility index (Phi) is 3.10. The Bertz CT molecular complexity index is 489. The Hall–Kier alpha value is -1.96. The third-order valence-corrected chi connectivity index (χ3v) is 2.49. The number of benzene rings is 1. The van der Waals surface area contributed by atoms with Crippen LogP contribution in [0, 0.1) is 0 Å². The van der Waals surface area contributed by atoms with Gasteiger partial charge in [0.15, 0.2) is 5.82 Å². The van der Waals surface area contributed by atoms with E-state index in [1.807, 2.05) is 36.5 Å². The zero-order chi connectivity index (χ0) is 11.4. The molecule has 0 aliphatic carbocycles. The average molecular weight is 210 g/mol. The minimum atomic E-state index is 0.781. The third kappa shape index (κ3) is 2.01. The lowest BCUT2D eigenvalue weighted by Crippen LogP contribution is -1.97. The van der Waals surface area contributed by atoms with Crippen molar-refractivity contribution in [3.63, 3.8) is 0 Å². The Balaban J connectivity index is 2.48. The van der Waals surface area contributed by atoms with Gasteiger partial charge in [-0.2, -0.15) is 0 Å². The zero-order valence-electron chi connectivity index (χ0n) is 9.35. The Labute approximate surface area is 95.7 Å². The minimum Gasteiger partial charge on any atom is -0.236 e. The fourth-order valence-corrected chi connectivity index (χ4v) is 1.61. The van der Waals surface area contributed by atoms with Crippen molar-refractivity contribution in [1.29, 1.82) is 0 Å². The van der Waals surface area contributed by atoms with Gasteiger partial charge in [0.2, 0.25) is 0 Å². The first-order valence-electron chi connectivity index (χ1n) is 5.39. The molecule has 2 aromatic rings. The maximum atomic E-state index is 4.55. The lowest BCUT2D eigenvalue weighted by atomic mass is 10.1. The molecule has 0 unspecified atom stereocenters. The quantitative estimate of drug-likeness (QED) is 0.776. The molecule has 0 saturated carbocycles. The highest BCUT2D eigenvalue weighted by Crippen LogP contribution is 2.16. The molecule has 0 atom stereocenters. The Morgan fingerprint density at radius 2 is 2.00 bits per heavy atom. The fraction of sp³-hybridized carbons (Fsp3) is 0.143. The van der Waals surface area contributed by atoms with Gasteiger partial charge in [-0.05, 0) is 6.42 Å². The molecule has 0 N–H and O–H groups in total. The second kappa shape index (κ2) is 4.71. The van der Waals surface area contributed by atoms with Crippen molar-refractivity contribution < 1.29 is 0 Å². The van der Waals surface area contributed by atoms with Crippen molar-refractivity contribution in [2.45, 2.75) is 13.3 Å². The molecule has 2 rings (SSSR count). The number of nitrogens with zero attached hydrogens (tertiary/aromatic N) is 2. The summed E-state index contributed by atoms with van der Waals surface area (Å²) in [7, 11) is 0. The van der Waals surface area contributed by atoms with Crippen LogP contribution in [0.1, 0.15) is 18.2 Å². The highest BCUT2D eigenvalue weighted by Gasteiger charge is 2.04. The third-order valence-electron chi connectivity index (χ3n) is 2.49. The fourth-order valence-electron chi connectivity index (χ4n) is 1.61. The van der Waals surface area contributed by atoms with Gasteiger partial charge in [-0.25, -0.2) is 9.97 Å². The lowest BCUT2D eigenvalue weighted by molar-refractivity contribution is 0.998. The predicted molar refractivity (Wildman–Crippen MR) is 66.9 cm³/mol. The number of hydrogen-bond acceptors (Lipinski definition) is 2. The van der Waals surface area contributed by atoms with Gasteiger partial charge in [0.25, 0.3) is 0 Å². The number of aryl methyl sites for hydroxylation is 1. The highest BCUT2D eigenvalue weighted by molar-refractivity contribution is 5.57. The summed E-state index contributed by atoms with van der Waals surface area (Å²) in [4.78, 5) is 8.90. The maximum Gasteiger partial charge on any atom is 0.159 e. The van der Waals surface area contributed by atoms with E-state index < -0.39 is 0 Å². The molecule has 0 spiro atoms. The second-order valence-corrected chi connectivity index (χ2v) is 3.52. The van der Waals surface area contributed by atoms with Crippen LogP contribution >= 0.6 is 0 Å². The van der Waals surface area contributed by atoms with Crippen LogP contribution < -0.4 is 0 Å². The van der Waals surface area contributed by atoms with Crippen molar-refractivity contribution in [2.24, 2.45) is 0 Å². The first-order valence-corrected chi connectivity index (χ1v) is 5.39. The maximum absolute atomic E-state index is 4.55. The van der Waals surface area contributed by atoms with E-state index >= 15 is 0 Å². The van der Waals surface area contributed by atoms with Crippen LogP contribution in [0.5, 0.6) is 0 Å². The Morgan fingerprint density at radius 1 is 1.25 bits per heavy atom. The molecular formula is C14H14N2. The van der Waals surface area contributed by atoms with E-state index in [1.54, 1.807) is 6.08 Å². The van der Waals surface area contributed by atoms with Crippen molar-refractivity contribution in [3.8, 4) is 11.4 Å². The van der Waals surface area contributed by atoms with Crippen molar-refractivity contribution in [1.82, 2.24) is 9.97 Å². The molecule has 0 aliphatic heterocycles. The van der Waals surface area contributed by atoms with E-state index in [9.17, 15) is 0 Å². The first-order chi connectivity index (χ1) is 7.85. The molecule has 1 heterocycles. The average Bonchev–Trinajstić information content (AvgIpc) is 2.39. The number of rotatable bonds is 3. The largest absolute Gasteiger partial charge is 0.236 e. The van der Waals surface area contributed by atoms with Crippen LogP contribution in [0.25, 0.3) is 17.5 Å². The monoisotopic (exact) mass is 210 g/mol.